The lowest BCUT2D eigenvalue weighted by molar-refractivity contribution is 0.102. The normalized spacial score (nSPS) is 10.7. The molecule has 0 aliphatic rings. The van der Waals surface area contributed by atoms with Gasteiger partial charge in [-0.1, -0.05) is 41.7 Å². The number of hydrogen-bond donors (Lipinski definition) is 1. The van der Waals surface area contributed by atoms with Crippen LogP contribution in [0.15, 0.2) is 60.8 Å². The number of halogens is 1. The molecule has 27 heavy (non-hydrogen) atoms. The summed E-state index contributed by atoms with van der Waals surface area (Å²) in [5, 5.41) is 16.3. The summed E-state index contributed by atoms with van der Waals surface area (Å²) in [6, 6.07) is 15.5. The first-order valence-electron chi connectivity index (χ1n) is 8.12. The molecule has 8 heteroatoms. The average Bonchev–Trinajstić information content (AvgIpc) is 3.30. The van der Waals surface area contributed by atoms with Crippen LogP contribution in [0.25, 0.3) is 16.3 Å². The number of carbonyl (C=O) groups is 1. The molecule has 1 amide bonds. The topological polar surface area (TPSA) is 72.7 Å². The molecule has 0 atom stereocenters. The van der Waals surface area contributed by atoms with Crippen LogP contribution < -0.4 is 5.32 Å². The van der Waals surface area contributed by atoms with Crippen LogP contribution in [0.2, 0.25) is 0 Å². The smallest absolute Gasteiger partial charge is 0.260 e. The number of nitrogens with one attached hydrogen (secondary N) is 1. The molecule has 2 aromatic carbocycles. The zero-order chi connectivity index (χ0) is 18.8. The monoisotopic (exact) mass is 379 g/mol. The molecule has 0 aliphatic carbocycles. The fraction of sp³-hybridized carbons (Fsp3) is 0.0526. The highest BCUT2D eigenvalue weighted by Crippen LogP contribution is 2.26. The Morgan fingerprint density at radius 3 is 2.56 bits per heavy atom. The first-order chi connectivity index (χ1) is 13.1. The van der Waals surface area contributed by atoms with Crippen molar-refractivity contribution in [3.05, 3.63) is 77.9 Å². The van der Waals surface area contributed by atoms with Crippen molar-refractivity contribution in [1.29, 1.82) is 0 Å². The average molecular weight is 379 g/mol. The van der Waals surface area contributed by atoms with Crippen molar-refractivity contribution in [2.75, 3.05) is 5.32 Å². The van der Waals surface area contributed by atoms with Gasteiger partial charge in [0.15, 0.2) is 0 Å². The van der Waals surface area contributed by atoms with Gasteiger partial charge >= 0.3 is 0 Å². The highest BCUT2D eigenvalue weighted by molar-refractivity contribution is 7.18. The minimum absolute atomic E-state index is 0.323. The zero-order valence-electron chi connectivity index (χ0n) is 14.3. The fourth-order valence-electron chi connectivity index (χ4n) is 2.61. The van der Waals surface area contributed by atoms with Crippen molar-refractivity contribution < 1.29 is 9.18 Å². The minimum atomic E-state index is -0.327. The Bertz CT molecular complexity index is 1090. The molecule has 0 saturated carbocycles. The Hall–Kier alpha value is -3.39. The third kappa shape index (κ3) is 3.47. The highest BCUT2D eigenvalue weighted by atomic mass is 32.1. The second-order valence-corrected chi connectivity index (χ2v) is 6.74. The molecule has 1 N–H and O–H groups in total. The van der Waals surface area contributed by atoms with Gasteiger partial charge in [0.2, 0.25) is 5.13 Å². The number of amides is 1. The van der Waals surface area contributed by atoms with E-state index in [9.17, 15) is 9.18 Å². The molecular weight excluding hydrogens is 365 g/mol. The summed E-state index contributed by atoms with van der Waals surface area (Å²) in [6.07, 6.45) is 1.48. The second-order valence-electron chi connectivity index (χ2n) is 5.76. The van der Waals surface area contributed by atoms with E-state index in [2.05, 4.69) is 20.6 Å². The maximum Gasteiger partial charge on any atom is 0.260 e. The molecule has 0 bridgehead atoms. The van der Waals surface area contributed by atoms with Crippen LogP contribution in [0.1, 0.15) is 16.1 Å². The lowest BCUT2D eigenvalue weighted by atomic mass is 10.2. The van der Waals surface area contributed by atoms with E-state index < -0.39 is 0 Å². The Morgan fingerprint density at radius 1 is 1.07 bits per heavy atom. The van der Waals surface area contributed by atoms with E-state index in [4.69, 9.17) is 0 Å². The van der Waals surface area contributed by atoms with Gasteiger partial charge in [-0.25, -0.2) is 9.07 Å². The Morgan fingerprint density at radius 2 is 1.81 bits per heavy atom. The fourth-order valence-corrected chi connectivity index (χ4v) is 3.35. The molecule has 0 radical (unpaired) electrons. The first-order valence-corrected chi connectivity index (χ1v) is 8.94. The van der Waals surface area contributed by atoms with Crippen LogP contribution >= 0.6 is 11.3 Å². The largest absolute Gasteiger partial charge is 0.296 e. The third-order valence-corrected chi connectivity index (χ3v) is 4.88. The molecule has 0 saturated heterocycles. The van der Waals surface area contributed by atoms with Crippen LogP contribution in [0, 0.1) is 12.7 Å². The van der Waals surface area contributed by atoms with Crippen LogP contribution in [0.3, 0.4) is 0 Å². The number of carbonyl (C=O) groups excluding carboxylic acids is 1. The highest BCUT2D eigenvalue weighted by Gasteiger charge is 2.17. The standard InChI is InChI=1S/C19H14FN5OS/c1-12-16(11-21-25(12)15-9-7-14(20)8-10-15)17(26)22-19-24-23-18(27-19)13-5-3-2-4-6-13/h2-11H,1H3,(H,22,24,26). The summed E-state index contributed by atoms with van der Waals surface area (Å²) in [5.41, 5.74) is 2.67. The molecule has 134 valence electrons. The number of nitrogens with zero attached hydrogens (tertiary/aromatic N) is 4. The van der Waals surface area contributed by atoms with Crippen molar-refractivity contribution in [3.8, 4) is 16.3 Å². The minimum Gasteiger partial charge on any atom is -0.296 e. The van der Waals surface area contributed by atoms with Crippen LogP contribution in [-0.4, -0.2) is 25.9 Å². The molecular formula is C19H14FN5OS. The molecule has 0 fully saturated rings. The van der Waals surface area contributed by atoms with Gasteiger partial charge in [0.1, 0.15) is 10.8 Å². The van der Waals surface area contributed by atoms with E-state index in [-0.39, 0.29) is 11.7 Å². The van der Waals surface area contributed by atoms with Gasteiger partial charge in [0.05, 0.1) is 23.1 Å². The maximum atomic E-state index is 13.1. The zero-order valence-corrected chi connectivity index (χ0v) is 15.1. The van der Waals surface area contributed by atoms with Crippen molar-refractivity contribution in [1.82, 2.24) is 20.0 Å². The summed E-state index contributed by atoms with van der Waals surface area (Å²) < 4.78 is 14.7. The number of aromatic nitrogens is 4. The van der Waals surface area contributed by atoms with Gasteiger partial charge in [-0.15, -0.1) is 10.2 Å². The Kier molecular flexibility index (Phi) is 4.47. The number of benzene rings is 2. The number of anilines is 1. The van der Waals surface area contributed by atoms with E-state index >= 15 is 0 Å². The van der Waals surface area contributed by atoms with Crippen LogP contribution in [0.4, 0.5) is 9.52 Å². The van der Waals surface area contributed by atoms with E-state index in [1.165, 1.54) is 29.7 Å². The first kappa shape index (κ1) is 17.0. The second kappa shape index (κ2) is 7.08. The molecule has 6 nitrogen and oxygen atoms in total. The van der Waals surface area contributed by atoms with E-state index in [1.807, 2.05) is 30.3 Å². The molecule has 4 aromatic rings. The van der Waals surface area contributed by atoms with Gasteiger partial charge in [-0.05, 0) is 31.2 Å². The molecule has 2 aromatic heterocycles. The van der Waals surface area contributed by atoms with Crippen molar-refractivity contribution in [2.45, 2.75) is 6.92 Å². The lowest BCUT2D eigenvalue weighted by Gasteiger charge is -2.05. The number of hydrogen-bond acceptors (Lipinski definition) is 5. The molecule has 2 heterocycles. The lowest BCUT2D eigenvalue weighted by Crippen LogP contribution is -2.13. The quantitative estimate of drug-likeness (QED) is 0.580. The molecule has 0 aliphatic heterocycles. The summed E-state index contributed by atoms with van der Waals surface area (Å²) in [4.78, 5) is 12.6. The Balaban J connectivity index is 1.54. The van der Waals surface area contributed by atoms with E-state index in [0.29, 0.717) is 22.1 Å². The summed E-state index contributed by atoms with van der Waals surface area (Å²) >= 11 is 1.30. The van der Waals surface area contributed by atoms with E-state index in [0.717, 1.165) is 10.6 Å². The third-order valence-electron chi connectivity index (χ3n) is 3.99. The van der Waals surface area contributed by atoms with Gasteiger partial charge in [-0.2, -0.15) is 5.10 Å². The molecule has 0 spiro atoms. The van der Waals surface area contributed by atoms with Crippen LogP contribution in [-0.2, 0) is 0 Å². The van der Waals surface area contributed by atoms with Crippen molar-refractivity contribution >= 4 is 22.4 Å². The predicted octanol–water partition coefficient (Wildman–Crippen LogP) is 4.09. The summed E-state index contributed by atoms with van der Waals surface area (Å²) in [7, 11) is 0. The number of rotatable bonds is 4. The SMILES string of the molecule is Cc1c(C(=O)Nc2nnc(-c3ccccc3)s2)cnn1-c1ccc(F)cc1. The van der Waals surface area contributed by atoms with E-state index in [1.54, 1.807) is 23.7 Å². The molecule has 4 rings (SSSR count). The molecule has 0 unspecified atom stereocenters. The van der Waals surface area contributed by atoms with Crippen molar-refractivity contribution in [2.24, 2.45) is 0 Å². The predicted molar refractivity (Wildman–Crippen MR) is 102 cm³/mol. The summed E-state index contributed by atoms with van der Waals surface area (Å²) in [6.45, 7) is 1.78. The Labute approximate surface area is 158 Å². The van der Waals surface area contributed by atoms with Gasteiger partial charge in [0, 0.05) is 5.56 Å². The van der Waals surface area contributed by atoms with Gasteiger partial charge in [-0.3, -0.25) is 10.1 Å². The van der Waals surface area contributed by atoms with Gasteiger partial charge in [0.25, 0.3) is 5.91 Å². The van der Waals surface area contributed by atoms with Gasteiger partial charge < -0.3 is 0 Å². The summed E-state index contributed by atoms with van der Waals surface area (Å²) in [5.74, 6) is -0.649. The maximum absolute atomic E-state index is 13.1. The van der Waals surface area contributed by atoms with Crippen LogP contribution in [0.5, 0.6) is 0 Å². The van der Waals surface area contributed by atoms with Crippen molar-refractivity contribution in [3.63, 3.8) is 0 Å².